The number of nitrogen functional groups attached to an aromatic ring is 1. The van der Waals surface area contributed by atoms with Crippen molar-refractivity contribution < 1.29 is 4.79 Å². The van der Waals surface area contributed by atoms with Gasteiger partial charge in [0.25, 0.3) is 0 Å². The first-order valence-corrected chi connectivity index (χ1v) is 6.74. The van der Waals surface area contributed by atoms with Crippen molar-refractivity contribution in [2.45, 2.75) is 25.8 Å². The Hall–Kier alpha value is -2.04. The zero-order chi connectivity index (χ0) is 13.2. The normalized spacial score (nSPS) is 15.9. The first-order valence-electron chi connectivity index (χ1n) is 6.74. The van der Waals surface area contributed by atoms with Crippen molar-refractivity contribution in [3.05, 3.63) is 24.3 Å². The maximum absolute atomic E-state index is 12.3. The zero-order valence-electron chi connectivity index (χ0n) is 10.9. The molecule has 0 atom stereocenters. The second-order valence-corrected chi connectivity index (χ2v) is 4.99. The quantitative estimate of drug-likeness (QED) is 0.890. The summed E-state index contributed by atoms with van der Waals surface area (Å²) >= 11 is 0. The van der Waals surface area contributed by atoms with Gasteiger partial charge in [0.1, 0.15) is 6.54 Å². The van der Waals surface area contributed by atoms with Gasteiger partial charge in [-0.15, -0.1) is 0 Å². The number of rotatable bonds is 2. The van der Waals surface area contributed by atoms with Gasteiger partial charge < -0.3 is 15.2 Å². The summed E-state index contributed by atoms with van der Waals surface area (Å²) in [6.45, 7) is 2.02. The number of aromatic nitrogens is 2. The number of amides is 1. The van der Waals surface area contributed by atoms with Crippen LogP contribution in [0.1, 0.15) is 19.3 Å². The van der Waals surface area contributed by atoms with Gasteiger partial charge in [-0.25, -0.2) is 4.98 Å². The fourth-order valence-corrected chi connectivity index (χ4v) is 2.64. The molecule has 1 saturated heterocycles. The van der Waals surface area contributed by atoms with Gasteiger partial charge in [0.2, 0.25) is 11.9 Å². The van der Waals surface area contributed by atoms with Gasteiger partial charge >= 0.3 is 0 Å². The molecule has 2 N–H and O–H groups in total. The number of carbonyl (C=O) groups excluding carboxylic acids is 1. The van der Waals surface area contributed by atoms with Crippen LogP contribution in [0.3, 0.4) is 0 Å². The van der Waals surface area contributed by atoms with E-state index in [1.165, 1.54) is 6.42 Å². The number of anilines is 1. The molecule has 1 aliphatic heterocycles. The Morgan fingerprint density at radius 3 is 2.74 bits per heavy atom. The van der Waals surface area contributed by atoms with Gasteiger partial charge in [-0.05, 0) is 31.4 Å². The molecule has 1 fully saturated rings. The number of nitrogens with zero attached hydrogens (tertiary/aromatic N) is 3. The first-order chi connectivity index (χ1) is 9.25. The number of nitrogens with two attached hydrogens (primary N) is 1. The molecule has 1 aromatic carbocycles. The highest BCUT2D eigenvalue weighted by atomic mass is 16.2. The van der Waals surface area contributed by atoms with Gasteiger partial charge in [-0.2, -0.15) is 0 Å². The van der Waals surface area contributed by atoms with E-state index >= 15 is 0 Å². The van der Waals surface area contributed by atoms with E-state index < -0.39 is 0 Å². The molecule has 1 aromatic heterocycles. The number of para-hydroxylation sites is 2. The minimum atomic E-state index is 0.134. The lowest BCUT2D eigenvalue weighted by Gasteiger charge is -2.27. The minimum absolute atomic E-state index is 0.134. The fourth-order valence-electron chi connectivity index (χ4n) is 2.64. The lowest BCUT2D eigenvalue weighted by molar-refractivity contribution is -0.132. The number of fused-ring (bicyclic) bond motifs is 1. The van der Waals surface area contributed by atoms with Crippen molar-refractivity contribution in [2.24, 2.45) is 0 Å². The molecule has 1 amide bonds. The summed E-state index contributed by atoms with van der Waals surface area (Å²) in [4.78, 5) is 18.5. The molecule has 2 heterocycles. The Morgan fingerprint density at radius 1 is 1.21 bits per heavy atom. The van der Waals surface area contributed by atoms with Crippen LogP contribution in [-0.4, -0.2) is 33.4 Å². The number of hydrogen-bond donors (Lipinski definition) is 1. The molecule has 5 nitrogen and oxygen atoms in total. The summed E-state index contributed by atoms with van der Waals surface area (Å²) in [6, 6.07) is 7.71. The average Bonchev–Trinajstić information content (AvgIpc) is 2.76. The molecule has 3 rings (SSSR count). The number of hydrogen-bond acceptors (Lipinski definition) is 3. The van der Waals surface area contributed by atoms with E-state index in [0.717, 1.165) is 37.0 Å². The van der Waals surface area contributed by atoms with Crippen molar-refractivity contribution in [3.8, 4) is 0 Å². The van der Waals surface area contributed by atoms with Gasteiger partial charge in [0, 0.05) is 13.1 Å². The van der Waals surface area contributed by atoms with Crippen LogP contribution in [0.25, 0.3) is 11.0 Å². The van der Waals surface area contributed by atoms with Crippen molar-refractivity contribution in [2.75, 3.05) is 18.8 Å². The highest BCUT2D eigenvalue weighted by Crippen LogP contribution is 2.18. The van der Waals surface area contributed by atoms with Crippen LogP contribution in [0.5, 0.6) is 0 Å². The van der Waals surface area contributed by atoms with Crippen LogP contribution in [0.15, 0.2) is 24.3 Å². The third-order valence-corrected chi connectivity index (χ3v) is 3.69. The van der Waals surface area contributed by atoms with Crippen LogP contribution >= 0.6 is 0 Å². The second kappa shape index (κ2) is 4.91. The molecule has 1 aliphatic rings. The zero-order valence-corrected chi connectivity index (χ0v) is 10.9. The number of carbonyl (C=O) groups is 1. The van der Waals surface area contributed by atoms with Gasteiger partial charge in [0.15, 0.2) is 0 Å². The molecule has 0 unspecified atom stereocenters. The predicted molar refractivity (Wildman–Crippen MR) is 74.6 cm³/mol. The minimum Gasteiger partial charge on any atom is -0.369 e. The van der Waals surface area contributed by atoms with Gasteiger partial charge in [-0.3, -0.25) is 4.79 Å². The Labute approximate surface area is 112 Å². The van der Waals surface area contributed by atoms with E-state index in [9.17, 15) is 4.79 Å². The van der Waals surface area contributed by atoms with E-state index in [1.807, 2.05) is 29.2 Å². The molecule has 0 bridgehead atoms. The van der Waals surface area contributed by atoms with E-state index in [4.69, 9.17) is 5.73 Å². The number of likely N-dealkylation sites (tertiary alicyclic amines) is 1. The van der Waals surface area contributed by atoms with Crippen LogP contribution in [-0.2, 0) is 11.3 Å². The molecular formula is C14H18N4O. The standard InChI is InChI=1S/C14H18N4O/c15-14-16-11-6-2-3-7-12(11)18(14)10-13(19)17-8-4-1-5-9-17/h2-3,6-7H,1,4-5,8-10H2,(H2,15,16). The van der Waals surface area contributed by atoms with Crippen LogP contribution in [0.4, 0.5) is 5.95 Å². The third kappa shape index (κ3) is 2.28. The van der Waals surface area contributed by atoms with Crippen LogP contribution in [0, 0.1) is 0 Å². The number of piperidine rings is 1. The Kier molecular flexibility index (Phi) is 3.11. The molecule has 0 aliphatic carbocycles. The summed E-state index contributed by atoms with van der Waals surface area (Å²) < 4.78 is 1.80. The number of imidazole rings is 1. The lowest BCUT2D eigenvalue weighted by atomic mass is 10.1. The molecule has 100 valence electrons. The van der Waals surface area contributed by atoms with Gasteiger partial charge in [0.05, 0.1) is 11.0 Å². The third-order valence-electron chi connectivity index (χ3n) is 3.69. The molecule has 0 spiro atoms. The van der Waals surface area contributed by atoms with E-state index in [2.05, 4.69) is 4.98 Å². The van der Waals surface area contributed by atoms with Crippen molar-refractivity contribution in [3.63, 3.8) is 0 Å². The van der Waals surface area contributed by atoms with Crippen molar-refractivity contribution in [1.29, 1.82) is 0 Å². The largest absolute Gasteiger partial charge is 0.369 e. The fraction of sp³-hybridized carbons (Fsp3) is 0.429. The molecular weight excluding hydrogens is 240 g/mol. The monoisotopic (exact) mass is 258 g/mol. The summed E-state index contributed by atoms with van der Waals surface area (Å²) in [5.41, 5.74) is 7.67. The highest BCUT2D eigenvalue weighted by Gasteiger charge is 2.18. The summed E-state index contributed by atoms with van der Waals surface area (Å²) in [7, 11) is 0. The van der Waals surface area contributed by atoms with Gasteiger partial charge in [-0.1, -0.05) is 12.1 Å². The van der Waals surface area contributed by atoms with Crippen molar-refractivity contribution >= 4 is 22.9 Å². The highest BCUT2D eigenvalue weighted by molar-refractivity contribution is 5.82. The molecule has 2 aromatic rings. The van der Waals surface area contributed by atoms with E-state index in [1.54, 1.807) is 4.57 Å². The SMILES string of the molecule is Nc1nc2ccccc2n1CC(=O)N1CCCCC1. The summed E-state index contributed by atoms with van der Waals surface area (Å²) in [5.74, 6) is 0.543. The topological polar surface area (TPSA) is 64.1 Å². The predicted octanol–water partition coefficient (Wildman–Crippen LogP) is 1.63. The van der Waals surface area contributed by atoms with E-state index in [0.29, 0.717) is 5.95 Å². The van der Waals surface area contributed by atoms with Crippen molar-refractivity contribution in [1.82, 2.24) is 14.5 Å². The summed E-state index contributed by atoms with van der Waals surface area (Å²) in [6.07, 6.45) is 3.43. The summed E-state index contributed by atoms with van der Waals surface area (Å²) in [5, 5.41) is 0. The lowest BCUT2D eigenvalue weighted by Crippen LogP contribution is -2.37. The smallest absolute Gasteiger partial charge is 0.242 e. The Morgan fingerprint density at radius 2 is 1.95 bits per heavy atom. The van der Waals surface area contributed by atoms with E-state index in [-0.39, 0.29) is 12.5 Å². The second-order valence-electron chi connectivity index (χ2n) is 4.99. The Bertz CT molecular complexity index is 599. The van der Waals surface area contributed by atoms with Crippen LogP contribution < -0.4 is 5.73 Å². The maximum Gasteiger partial charge on any atom is 0.242 e. The van der Waals surface area contributed by atoms with Crippen LogP contribution in [0.2, 0.25) is 0 Å². The molecule has 0 saturated carbocycles. The maximum atomic E-state index is 12.3. The Balaban J connectivity index is 1.84. The molecule has 0 radical (unpaired) electrons. The first kappa shape index (κ1) is 12.0. The molecule has 19 heavy (non-hydrogen) atoms. The number of benzene rings is 1. The molecule has 5 heteroatoms. The average molecular weight is 258 g/mol.